The Hall–Kier alpha value is 0.720. The first kappa shape index (κ1) is 47.4. The quantitative estimate of drug-likeness (QED) is 0.0823. The molecule has 1 aromatic carbocycles. The molecule has 0 spiro atoms. The molecule has 0 bridgehead atoms. The van der Waals surface area contributed by atoms with Crippen molar-refractivity contribution in [2.24, 2.45) is 0 Å². The van der Waals surface area contributed by atoms with Crippen molar-refractivity contribution < 1.29 is 75.5 Å². The number of benzene rings is 1. The summed E-state index contributed by atoms with van der Waals surface area (Å²) in [7, 11) is 7.77. The summed E-state index contributed by atoms with van der Waals surface area (Å²) in [5, 5.41) is 123. The average molecular weight is 883 g/mol. The molecule has 312 valence electrons. The second kappa shape index (κ2) is 22.4. The molecule has 3 saturated heterocycles. The van der Waals surface area contributed by atoms with Crippen molar-refractivity contribution in [3.8, 4) is 0 Å². The van der Waals surface area contributed by atoms with Crippen LogP contribution in [0.2, 0.25) is 0 Å². The topological polar surface area (TPSA) is 270 Å². The van der Waals surface area contributed by atoms with E-state index in [2.05, 4.69) is 20.8 Å². The Morgan fingerprint density at radius 3 is 0.815 bits per heavy atom. The lowest BCUT2D eigenvalue weighted by molar-refractivity contribution is -0.205. The number of rotatable bonds is 18. The third-order valence-corrected chi connectivity index (χ3v) is 17.2. The number of aliphatic hydroxyl groups excluding tert-OH is 12. The Morgan fingerprint density at radius 1 is 0.370 bits per heavy atom. The van der Waals surface area contributed by atoms with Crippen molar-refractivity contribution in [2.75, 3.05) is 19.8 Å². The molecule has 3 fully saturated rings. The van der Waals surface area contributed by atoms with Crippen molar-refractivity contribution in [1.29, 1.82) is 0 Å². The van der Waals surface area contributed by atoms with Crippen LogP contribution in [0.5, 0.6) is 0 Å². The largest absolute Gasteiger partial charge is 0.394 e. The predicted octanol–water partition coefficient (Wildman–Crippen LogP) is -0.582. The fourth-order valence-corrected chi connectivity index (χ4v) is 14.5. The molecule has 3 aliphatic rings. The van der Waals surface area contributed by atoms with Crippen molar-refractivity contribution in [3.63, 3.8) is 0 Å². The van der Waals surface area contributed by atoms with Gasteiger partial charge in [-0.3, -0.25) is 0 Å². The van der Waals surface area contributed by atoms with Gasteiger partial charge in [0.2, 0.25) is 0 Å². The molecule has 1 aromatic rings. The summed E-state index contributed by atoms with van der Waals surface area (Å²) in [6.07, 6.45) is -14.2. The van der Waals surface area contributed by atoms with Crippen molar-refractivity contribution in [1.82, 2.24) is 0 Å². The van der Waals surface area contributed by atoms with Crippen molar-refractivity contribution >= 4 is 64.8 Å². The molecule has 0 aliphatic carbocycles. The third-order valence-electron chi connectivity index (χ3n) is 9.89. The van der Waals surface area contributed by atoms with E-state index in [-0.39, 0.29) is 0 Å². The Labute approximate surface area is 338 Å². The first-order valence-electron chi connectivity index (χ1n) is 17.7. The highest BCUT2D eigenvalue weighted by molar-refractivity contribution is 8.77. The Morgan fingerprint density at radius 2 is 0.611 bits per heavy atom. The van der Waals surface area contributed by atoms with Crippen molar-refractivity contribution in [2.45, 2.75) is 147 Å². The van der Waals surface area contributed by atoms with Crippen LogP contribution in [0.25, 0.3) is 0 Å². The lowest BCUT2D eigenvalue weighted by atomic mass is 9.85. The van der Waals surface area contributed by atoms with E-state index < -0.39 is 109 Å². The minimum atomic E-state index is -1.50. The predicted molar refractivity (Wildman–Crippen MR) is 213 cm³/mol. The fourth-order valence-electron chi connectivity index (χ4n) is 6.82. The maximum absolute atomic E-state index is 10.6. The number of aliphatic hydroxyl groups is 12. The molecule has 0 unspecified atom stereocenters. The van der Waals surface area contributed by atoms with Crippen LogP contribution in [0.4, 0.5) is 0 Å². The van der Waals surface area contributed by atoms with E-state index in [4.69, 9.17) is 14.2 Å². The first-order chi connectivity index (χ1) is 25.8. The van der Waals surface area contributed by atoms with Crippen LogP contribution in [-0.4, -0.2) is 171 Å². The van der Waals surface area contributed by atoms with Gasteiger partial charge in [0.15, 0.2) is 0 Å². The van der Waals surface area contributed by atoms with Crippen LogP contribution in [-0.2, 0) is 50.7 Å². The molecule has 3 aliphatic heterocycles. The van der Waals surface area contributed by atoms with Gasteiger partial charge in [-0.25, -0.2) is 0 Å². The molecule has 3 heterocycles. The number of hydrogen-bond donors (Lipinski definition) is 12. The lowest BCUT2D eigenvalue weighted by Crippen LogP contribution is -2.57. The summed E-state index contributed by atoms with van der Waals surface area (Å²) in [6.45, 7) is 4.56. The van der Waals surface area contributed by atoms with E-state index in [9.17, 15) is 61.3 Å². The van der Waals surface area contributed by atoms with Crippen LogP contribution < -0.4 is 0 Å². The molecule has 12 N–H and O–H groups in total. The van der Waals surface area contributed by atoms with E-state index in [1.165, 1.54) is 64.8 Å². The van der Waals surface area contributed by atoms with E-state index >= 15 is 0 Å². The van der Waals surface area contributed by atoms with Crippen LogP contribution in [0.1, 0.15) is 54.2 Å². The van der Waals surface area contributed by atoms with Gasteiger partial charge in [0.25, 0.3) is 0 Å². The molecule has 21 heteroatoms. The fraction of sp³-hybridized carbons (Fsp3) is 0.818. The molecule has 15 nitrogen and oxygen atoms in total. The second-order valence-electron chi connectivity index (χ2n) is 13.1. The zero-order valence-electron chi connectivity index (χ0n) is 30.1. The van der Waals surface area contributed by atoms with Gasteiger partial charge in [-0.1, -0.05) is 85.5 Å². The lowest BCUT2D eigenvalue weighted by Gasteiger charge is -2.39. The standard InChI is InChI=1S/C33H54O15S6/c1-4-13-16(10-49-52-31-28(43)25(40)22(37)19(7-34)46-31)14(5-2)18(12-51-54-33-30(45)27(42)24(39)21(9-36)48-33)15(6-3)17(13)11-50-53-32-29(44)26(41)23(38)20(8-35)47-32/h19-45H,4-12H2,1-3H3/t19-,20-,21-,22-,23-,24-,25+,26+,27+,28-,29-,30-,31+,32+,33+/m1/s1. The highest BCUT2D eigenvalue weighted by Gasteiger charge is 2.46. The molecule has 54 heavy (non-hydrogen) atoms. The Kier molecular flexibility index (Phi) is 19.6. The van der Waals surface area contributed by atoms with Crippen molar-refractivity contribution in [3.05, 3.63) is 33.4 Å². The zero-order valence-corrected chi connectivity index (χ0v) is 35.0. The maximum Gasteiger partial charge on any atom is 0.142 e. The van der Waals surface area contributed by atoms with E-state index in [0.29, 0.717) is 36.5 Å². The Balaban J connectivity index is 1.62. The van der Waals surface area contributed by atoms with E-state index in [1.54, 1.807) is 0 Å². The summed E-state index contributed by atoms with van der Waals surface area (Å²) >= 11 is 0. The third kappa shape index (κ3) is 10.7. The molecule has 15 atom stereocenters. The molecule has 0 saturated carbocycles. The van der Waals surface area contributed by atoms with Gasteiger partial charge in [0.05, 0.1) is 19.8 Å². The van der Waals surface area contributed by atoms with Crippen LogP contribution in [0.3, 0.4) is 0 Å². The highest BCUT2D eigenvalue weighted by Crippen LogP contribution is 2.45. The van der Waals surface area contributed by atoms with Gasteiger partial charge in [0, 0.05) is 17.3 Å². The van der Waals surface area contributed by atoms with Gasteiger partial charge in [-0.15, -0.1) is 0 Å². The molecular weight excluding hydrogens is 829 g/mol. The summed E-state index contributed by atoms with van der Waals surface area (Å²) in [5.74, 6) is 1.39. The molecule has 0 radical (unpaired) electrons. The van der Waals surface area contributed by atoms with Crippen LogP contribution in [0, 0.1) is 0 Å². The second-order valence-corrected chi connectivity index (χ2v) is 20.5. The highest BCUT2D eigenvalue weighted by atomic mass is 33.1. The number of hydrogen-bond acceptors (Lipinski definition) is 21. The van der Waals surface area contributed by atoms with Gasteiger partial charge < -0.3 is 75.5 Å². The minimum absolute atomic E-state index is 0.463. The minimum Gasteiger partial charge on any atom is -0.394 e. The summed E-state index contributed by atoms with van der Waals surface area (Å²) < 4.78 is 17.2. The van der Waals surface area contributed by atoms with Crippen LogP contribution >= 0.6 is 64.8 Å². The molecule has 0 aromatic heterocycles. The molecule has 4 rings (SSSR count). The molecular formula is C33H54O15S6. The van der Waals surface area contributed by atoms with Crippen LogP contribution in [0.15, 0.2) is 0 Å². The number of ether oxygens (including phenoxy) is 3. The van der Waals surface area contributed by atoms with E-state index in [0.717, 1.165) is 33.4 Å². The average Bonchev–Trinajstić information content (AvgIpc) is 3.17. The monoisotopic (exact) mass is 882 g/mol. The SMILES string of the molecule is CCc1c(CSS[C@@H]2O[C@H](CO)[C@@H](O)[C@H](O)[C@H]2O)c(CC)c(CSS[C@@H]2O[C@H](CO)[C@@H](O)[C@H](O)[C@H]2O)c(CC)c1CSS[C@@H]1O[C@H](CO)[C@@H](O)[C@H](O)[C@H]1O. The smallest absolute Gasteiger partial charge is 0.142 e. The summed E-state index contributed by atoms with van der Waals surface area (Å²) in [6, 6.07) is 0. The summed E-state index contributed by atoms with van der Waals surface area (Å²) in [4.78, 5) is 0. The van der Waals surface area contributed by atoms with Gasteiger partial charge in [-0.2, -0.15) is 0 Å². The normalized spacial score (nSPS) is 37.5. The van der Waals surface area contributed by atoms with E-state index in [1.807, 2.05) is 0 Å². The maximum atomic E-state index is 10.6. The van der Waals surface area contributed by atoms with Gasteiger partial charge in [0.1, 0.15) is 89.6 Å². The van der Waals surface area contributed by atoms with Gasteiger partial charge in [-0.05, 0) is 52.6 Å². The molecule has 0 amide bonds. The first-order valence-corrected chi connectivity index (χ1v) is 24.9. The summed E-state index contributed by atoms with van der Waals surface area (Å²) in [5.41, 5.74) is 3.69. The zero-order chi connectivity index (χ0) is 39.9. The Bertz CT molecular complexity index is 1140. The van der Waals surface area contributed by atoms with Gasteiger partial charge >= 0.3 is 0 Å².